The summed E-state index contributed by atoms with van der Waals surface area (Å²) in [5, 5.41) is 1.56. The molecule has 0 fully saturated rings. The first-order valence-electron chi connectivity index (χ1n) is 10.9. The Bertz CT molecular complexity index is 1890. The molecular weight excluding hydrogens is 408 g/mol. The summed E-state index contributed by atoms with van der Waals surface area (Å²) in [6.45, 7) is 0. The topological polar surface area (TPSA) is 55.1 Å². The first-order chi connectivity index (χ1) is 16.3. The predicted octanol–water partition coefficient (Wildman–Crippen LogP) is 5.94. The highest BCUT2D eigenvalue weighted by molar-refractivity contribution is 6.01. The van der Waals surface area contributed by atoms with Crippen molar-refractivity contribution in [2.24, 2.45) is 0 Å². The highest BCUT2D eigenvalue weighted by atomic mass is 16.1. The van der Waals surface area contributed by atoms with E-state index < -0.39 is 0 Å². The number of imidazole rings is 2. The van der Waals surface area contributed by atoms with Crippen LogP contribution in [0.5, 0.6) is 0 Å². The van der Waals surface area contributed by atoms with Gasteiger partial charge in [-0.25, -0.2) is 4.98 Å². The molecule has 33 heavy (non-hydrogen) atoms. The second-order valence-electron chi connectivity index (χ2n) is 8.15. The molecule has 5 heteroatoms. The van der Waals surface area contributed by atoms with E-state index in [4.69, 9.17) is 4.98 Å². The van der Waals surface area contributed by atoms with E-state index in [1.807, 2.05) is 84.9 Å². The van der Waals surface area contributed by atoms with Crippen molar-refractivity contribution in [1.82, 2.24) is 18.9 Å². The standard InChI is InChI=1S/C28H18N4O/c33-28-20-13-5-4-12-19(20)25(27-30-22-15-7-9-17-24(22)32(27)28)31-23-16-8-6-14-21(23)29-26(31)18-10-2-1-3-11-18/h1-17,30H. The van der Waals surface area contributed by atoms with Crippen molar-refractivity contribution < 1.29 is 0 Å². The van der Waals surface area contributed by atoms with Crippen LogP contribution in [-0.4, -0.2) is 18.9 Å². The summed E-state index contributed by atoms with van der Waals surface area (Å²) in [4.78, 5) is 22.2. The van der Waals surface area contributed by atoms with Gasteiger partial charge in [0.15, 0.2) is 0 Å². The summed E-state index contributed by atoms with van der Waals surface area (Å²) in [6, 6.07) is 34.0. The van der Waals surface area contributed by atoms with Crippen molar-refractivity contribution in [3.8, 4) is 17.1 Å². The van der Waals surface area contributed by atoms with Gasteiger partial charge in [0.2, 0.25) is 0 Å². The average molecular weight is 426 g/mol. The largest absolute Gasteiger partial charge is 0.338 e. The Morgan fingerprint density at radius 3 is 2.18 bits per heavy atom. The molecule has 0 radical (unpaired) electrons. The summed E-state index contributed by atoms with van der Waals surface area (Å²) in [5.41, 5.74) is 6.30. The van der Waals surface area contributed by atoms with E-state index in [0.29, 0.717) is 5.39 Å². The number of nitrogens with zero attached hydrogens (tertiary/aromatic N) is 3. The number of H-pyrrole nitrogens is 1. The summed E-state index contributed by atoms with van der Waals surface area (Å²) in [6.07, 6.45) is 0. The Morgan fingerprint density at radius 2 is 1.33 bits per heavy atom. The number of rotatable bonds is 2. The number of hydrogen-bond donors (Lipinski definition) is 1. The van der Waals surface area contributed by atoms with Crippen LogP contribution >= 0.6 is 0 Å². The Hall–Kier alpha value is -4.64. The summed E-state index contributed by atoms with van der Waals surface area (Å²) >= 11 is 0. The van der Waals surface area contributed by atoms with Gasteiger partial charge in [0.1, 0.15) is 11.5 Å². The second kappa shape index (κ2) is 6.68. The SMILES string of the molecule is O=c1c2ccccc2c(-n2c(-c3ccccc3)nc3ccccc32)c2[nH]c3ccccc3n12. The molecule has 7 rings (SSSR count). The van der Waals surface area contributed by atoms with Crippen LogP contribution in [0.3, 0.4) is 0 Å². The fraction of sp³-hybridized carbons (Fsp3) is 0. The number of fused-ring (bicyclic) bond motifs is 5. The van der Waals surface area contributed by atoms with Gasteiger partial charge >= 0.3 is 0 Å². The molecule has 0 amide bonds. The maximum absolute atomic E-state index is 13.6. The summed E-state index contributed by atoms with van der Waals surface area (Å²) < 4.78 is 3.97. The van der Waals surface area contributed by atoms with Gasteiger partial charge < -0.3 is 4.98 Å². The van der Waals surface area contributed by atoms with Crippen LogP contribution < -0.4 is 5.56 Å². The van der Waals surface area contributed by atoms with E-state index in [-0.39, 0.29) is 5.56 Å². The number of aromatic amines is 1. The van der Waals surface area contributed by atoms with E-state index in [9.17, 15) is 4.79 Å². The Labute approximate surface area is 188 Å². The van der Waals surface area contributed by atoms with Gasteiger partial charge in [0, 0.05) is 16.3 Å². The molecule has 0 saturated heterocycles. The Kier molecular flexibility index (Phi) is 3.64. The zero-order chi connectivity index (χ0) is 21.9. The quantitative estimate of drug-likeness (QED) is 0.372. The predicted molar refractivity (Wildman–Crippen MR) is 133 cm³/mol. The van der Waals surface area contributed by atoms with Gasteiger partial charge in [-0.15, -0.1) is 0 Å². The number of nitrogens with one attached hydrogen (secondary N) is 1. The lowest BCUT2D eigenvalue weighted by Gasteiger charge is -2.14. The number of pyridine rings is 1. The highest BCUT2D eigenvalue weighted by Gasteiger charge is 2.22. The molecule has 156 valence electrons. The van der Waals surface area contributed by atoms with Crippen LogP contribution in [0.25, 0.3) is 55.6 Å². The molecule has 1 N–H and O–H groups in total. The van der Waals surface area contributed by atoms with Gasteiger partial charge in [0.05, 0.1) is 27.8 Å². The first kappa shape index (κ1) is 18.0. The minimum atomic E-state index is -0.0347. The van der Waals surface area contributed by atoms with Crippen LogP contribution in [-0.2, 0) is 0 Å². The van der Waals surface area contributed by atoms with Crippen LogP contribution in [0.15, 0.2) is 108 Å². The van der Waals surface area contributed by atoms with Crippen molar-refractivity contribution in [2.75, 3.05) is 0 Å². The Balaban J connectivity index is 1.77. The second-order valence-corrected chi connectivity index (χ2v) is 8.15. The normalized spacial score (nSPS) is 11.8. The lowest BCUT2D eigenvalue weighted by molar-refractivity contribution is 1.08. The Morgan fingerprint density at radius 1 is 0.667 bits per heavy atom. The minimum Gasteiger partial charge on any atom is -0.338 e. The molecule has 0 bridgehead atoms. The molecule has 0 spiro atoms. The van der Waals surface area contributed by atoms with E-state index in [0.717, 1.165) is 50.2 Å². The van der Waals surface area contributed by atoms with Crippen molar-refractivity contribution in [1.29, 1.82) is 0 Å². The number of aromatic nitrogens is 4. The van der Waals surface area contributed by atoms with Crippen molar-refractivity contribution >= 4 is 38.5 Å². The lowest BCUT2D eigenvalue weighted by atomic mass is 10.1. The molecule has 0 aliphatic rings. The van der Waals surface area contributed by atoms with E-state index in [1.165, 1.54) is 0 Å². The zero-order valence-corrected chi connectivity index (χ0v) is 17.6. The van der Waals surface area contributed by atoms with Gasteiger partial charge in [-0.1, -0.05) is 72.8 Å². The summed E-state index contributed by atoms with van der Waals surface area (Å²) in [7, 11) is 0. The maximum Gasteiger partial charge on any atom is 0.264 e. The minimum absolute atomic E-state index is 0.0347. The number of benzene rings is 4. The van der Waals surface area contributed by atoms with E-state index in [2.05, 4.69) is 27.8 Å². The zero-order valence-electron chi connectivity index (χ0n) is 17.6. The molecule has 3 aromatic heterocycles. The summed E-state index contributed by atoms with van der Waals surface area (Å²) in [5.74, 6) is 0.834. The van der Waals surface area contributed by atoms with Crippen molar-refractivity contribution in [2.45, 2.75) is 0 Å². The smallest absolute Gasteiger partial charge is 0.264 e. The van der Waals surface area contributed by atoms with Crippen LogP contribution in [0.2, 0.25) is 0 Å². The number of para-hydroxylation sites is 4. The van der Waals surface area contributed by atoms with Crippen LogP contribution in [0.1, 0.15) is 0 Å². The molecule has 4 aromatic carbocycles. The third-order valence-electron chi connectivity index (χ3n) is 6.28. The van der Waals surface area contributed by atoms with Crippen molar-refractivity contribution in [3.63, 3.8) is 0 Å². The lowest BCUT2D eigenvalue weighted by Crippen LogP contribution is -2.16. The van der Waals surface area contributed by atoms with Crippen LogP contribution in [0, 0.1) is 0 Å². The van der Waals surface area contributed by atoms with Crippen molar-refractivity contribution in [3.05, 3.63) is 113 Å². The average Bonchev–Trinajstić information content (AvgIpc) is 3.44. The molecule has 3 heterocycles. The molecule has 0 aliphatic heterocycles. The van der Waals surface area contributed by atoms with Gasteiger partial charge in [0.25, 0.3) is 5.56 Å². The molecule has 0 atom stereocenters. The third kappa shape index (κ3) is 2.47. The van der Waals surface area contributed by atoms with Crippen LogP contribution in [0.4, 0.5) is 0 Å². The van der Waals surface area contributed by atoms with E-state index >= 15 is 0 Å². The highest BCUT2D eigenvalue weighted by Crippen LogP contribution is 2.34. The molecule has 0 unspecified atom stereocenters. The van der Waals surface area contributed by atoms with E-state index in [1.54, 1.807) is 4.40 Å². The third-order valence-corrected chi connectivity index (χ3v) is 6.28. The molecule has 0 aliphatic carbocycles. The molecule has 0 saturated carbocycles. The monoisotopic (exact) mass is 426 g/mol. The van der Waals surface area contributed by atoms with Gasteiger partial charge in [-0.2, -0.15) is 0 Å². The van der Waals surface area contributed by atoms with Gasteiger partial charge in [-0.3, -0.25) is 13.8 Å². The maximum atomic E-state index is 13.6. The fourth-order valence-electron chi connectivity index (χ4n) is 4.84. The molecule has 7 aromatic rings. The van der Waals surface area contributed by atoms with Gasteiger partial charge in [-0.05, 0) is 30.3 Å². The molecule has 5 nitrogen and oxygen atoms in total. The first-order valence-corrected chi connectivity index (χ1v) is 10.9. The number of hydrogen-bond acceptors (Lipinski definition) is 2. The molecular formula is C28H18N4O. The fourth-order valence-corrected chi connectivity index (χ4v) is 4.84.